The number of rotatable bonds is 3. The smallest absolute Gasteiger partial charge is 0.260 e. The Morgan fingerprint density at radius 2 is 2.04 bits per heavy atom. The molecule has 0 aliphatic heterocycles. The van der Waals surface area contributed by atoms with Crippen LogP contribution < -0.4 is 4.74 Å². The van der Waals surface area contributed by atoms with Gasteiger partial charge in [0.05, 0.1) is 12.7 Å². The van der Waals surface area contributed by atoms with Crippen LogP contribution in [0.5, 0.6) is 5.75 Å². The number of nitrogens with zero attached hydrogens (tertiary/aromatic N) is 2. The second-order valence-corrected chi connectivity index (χ2v) is 5.02. The van der Waals surface area contributed by atoms with Crippen molar-refractivity contribution in [2.24, 2.45) is 0 Å². The van der Waals surface area contributed by atoms with Crippen LogP contribution in [0.4, 0.5) is 4.39 Å². The zero-order valence-electron chi connectivity index (χ0n) is 12.2. The molecule has 0 saturated heterocycles. The molecule has 0 radical (unpaired) electrons. The maximum Gasteiger partial charge on any atom is 0.260 e. The summed E-state index contributed by atoms with van der Waals surface area (Å²) >= 11 is 0. The van der Waals surface area contributed by atoms with Crippen LogP contribution in [0.1, 0.15) is 0 Å². The summed E-state index contributed by atoms with van der Waals surface area (Å²) in [5, 5.41) is 4.93. The van der Waals surface area contributed by atoms with Crippen molar-refractivity contribution in [3.63, 3.8) is 0 Å². The third-order valence-corrected chi connectivity index (χ3v) is 3.66. The SMILES string of the molecule is COc1ccc(-c2noc(-c3c[nH]c4ccccc34)n2)cc1F. The number of nitrogens with one attached hydrogen (secondary N) is 1. The van der Waals surface area contributed by atoms with Gasteiger partial charge in [0.1, 0.15) is 0 Å². The topological polar surface area (TPSA) is 63.9 Å². The number of H-pyrrole nitrogens is 1. The molecule has 0 saturated carbocycles. The second kappa shape index (κ2) is 5.24. The van der Waals surface area contributed by atoms with Gasteiger partial charge in [-0.1, -0.05) is 23.4 Å². The van der Waals surface area contributed by atoms with Crippen molar-refractivity contribution < 1.29 is 13.7 Å². The predicted octanol–water partition coefficient (Wildman–Crippen LogP) is 4.03. The van der Waals surface area contributed by atoms with E-state index in [4.69, 9.17) is 9.26 Å². The van der Waals surface area contributed by atoms with Gasteiger partial charge in [0.15, 0.2) is 11.6 Å². The highest BCUT2D eigenvalue weighted by atomic mass is 19.1. The minimum atomic E-state index is -0.469. The molecule has 0 aliphatic rings. The lowest BCUT2D eigenvalue weighted by Gasteiger charge is -2.01. The first kappa shape index (κ1) is 13.5. The normalized spacial score (nSPS) is 11.0. The highest BCUT2D eigenvalue weighted by Crippen LogP contribution is 2.30. The average Bonchev–Trinajstić information content (AvgIpc) is 3.21. The Labute approximate surface area is 130 Å². The van der Waals surface area contributed by atoms with E-state index in [1.165, 1.54) is 19.2 Å². The lowest BCUT2D eigenvalue weighted by atomic mass is 10.1. The summed E-state index contributed by atoms with van der Waals surface area (Å²) in [5.74, 6) is 0.415. The van der Waals surface area contributed by atoms with Gasteiger partial charge in [-0.25, -0.2) is 4.39 Å². The molecule has 2 heterocycles. The summed E-state index contributed by atoms with van der Waals surface area (Å²) in [6.45, 7) is 0. The fraction of sp³-hybridized carbons (Fsp3) is 0.0588. The number of halogens is 1. The summed E-state index contributed by atoms with van der Waals surface area (Å²) in [6.07, 6.45) is 1.82. The molecule has 114 valence electrons. The fourth-order valence-corrected chi connectivity index (χ4v) is 2.50. The number of hydrogen-bond acceptors (Lipinski definition) is 4. The molecule has 2 aromatic heterocycles. The number of aromatic amines is 1. The van der Waals surface area contributed by atoms with Gasteiger partial charge in [0, 0.05) is 22.7 Å². The van der Waals surface area contributed by atoms with Gasteiger partial charge in [0.25, 0.3) is 5.89 Å². The van der Waals surface area contributed by atoms with Gasteiger partial charge < -0.3 is 14.2 Å². The molecule has 0 bridgehead atoms. The van der Waals surface area contributed by atoms with E-state index < -0.39 is 5.82 Å². The summed E-state index contributed by atoms with van der Waals surface area (Å²) in [6, 6.07) is 12.4. The molecule has 4 aromatic rings. The van der Waals surface area contributed by atoms with Crippen molar-refractivity contribution in [2.45, 2.75) is 0 Å². The Morgan fingerprint density at radius 3 is 2.87 bits per heavy atom. The number of fused-ring (bicyclic) bond motifs is 1. The summed E-state index contributed by atoms with van der Waals surface area (Å²) in [5.41, 5.74) is 2.32. The van der Waals surface area contributed by atoms with Crippen molar-refractivity contribution in [3.05, 3.63) is 54.5 Å². The summed E-state index contributed by atoms with van der Waals surface area (Å²) in [7, 11) is 1.42. The quantitative estimate of drug-likeness (QED) is 0.620. The number of ether oxygens (including phenoxy) is 1. The molecule has 1 N–H and O–H groups in total. The van der Waals surface area contributed by atoms with Crippen LogP contribution in [0.25, 0.3) is 33.7 Å². The molecule has 2 aromatic carbocycles. The Balaban J connectivity index is 1.76. The van der Waals surface area contributed by atoms with Crippen molar-refractivity contribution in [3.8, 4) is 28.6 Å². The van der Waals surface area contributed by atoms with Gasteiger partial charge in [-0.05, 0) is 24.3 Å². The van der Waals surface area contributed by atoms with Crippen LogP contribution in [0.15, 0.2) is 53.2 Å². The Morgan fingerprint density at radius 1 is 1.17 bits per heavy atom. The van der Waals surface area contributed by atoms with E-state index in [0.717, 1.165) is 16.5 Å². The van der Waals surface area contributed by atoms with Gasteiger partial charge in [0.2, 0.25) is 5.82 Å². The van der Waals surface area contributed by atoms with Crippen LogP contribution in [0.2, 0.25) is 0 Å². The number of benzene rings is 2. The van der Waals surface area contributed by atoms with Crippen molar-refractivity contribution in [2.75, 3.05) is 7.11 Å². The standard InChI is InChI=1S/C17H12FN3O2/c1-22-15-7-6-10(8-13(15)18)16-20-17(23-21-16)12-9-19-14-5-3-2-4-11(12)14/h2-9,19H,1H3. The van der Waals surface area contributed by atoms with Crippen LogP contribution in [-0.2, 0) is 0 Å². The molecule has 0 unspecified atom stereocenters. The minimum Gasteiger partial charge on any atom is -0.494 e. The third kappa shape index (κ3) is 2.24. The third-order valence-electron chi connectivity index (χ3n) is 3.66. The fourth-order valence-electron chi connectivity index (χ4n) is 2.50. The maximum atomic E-state index is 13.8. The first-order valence-corrected chi connectivity index (χ1v) is 7.00. The van der Waals surface area contributed by atoms with Crippen LogP contribution in [0, 0.1) is 5.82 Å². The number of para-hydroxylation sites is 1. The number of aromatic nitrogens is 3. The lowest BCUT2D eigenvalue weighted by molar-refractivity contribution is 0.386. The van der Waals surface area contributed by atoms with Gasteiger partial charge >= 0.3 is 0 Å². The van der Waals surface area contributed by atoms with Crippen LogP contribution >= 0.6 is 0 Å². The highest BCUT2D eigenvalue weighted by molar-refractivity contribution is 5.93. The zero-order valence-corrected chi connectivity index (χ0v) is 12.2. The van der Waals surface area contributed by atoms with Gasteiger partial charge in [-0.3, -0.25) is 0 Å². The largest absolute Gasteiger partial charge is 0.494 e. The summed E-state index contributed by atoms with van der Waals surface area (Å²) < 4.78 is 24.0. The molecule has 23 heavy (non-hydrogen) atoms. The Hall–Kier alpha value is -3.15. The van der Waals surface area contributed by atoms with Crippen molar-refractivity contribution >= 4 is 10.9 Å². The van der Waals surface area contributed by atoms with E-state index in [0.29, 0.717) is 17.3 Å². The predicted molar refractivity (Wildman–Crippen MR) is 83.5 cm³/mol. The van der Waals surface area contributed by atoms with Crippen LogP contribution in [-0.4, -0.2) is 22.2 Å². The molecule has 0 spiro atoms. The lowest BCUT2D eigenvalue weighted by Crippen LogP contribution is -1.89. The van der Waals surface area contributed by atoms with Crippen molar-refractivity contribution in [1.29, 1.82) is 0 Å². The zero-order chi connectivity index (χ0) is 15.8. The molecular weight excluding hydrogens is 297 g/mol. The van der Waals surface area contributed by atoms with Gasteiger partial charge in [-0.2, -0.15) is 4.98 Å². The summed E-state index contributed by atoms with van der Waals surface area (Å²) in [4.78, 5) is 7.52. The molecule has 0 amide bonds. The average molecular weight is 309 g/mol. The minimum absolute atomic E-state index is 0.175. The number of hydrogen-bond donors (Lipinski definition) is 1. The highest BCUT2D eigenvalue weighted by Gasteiger charge is 2.15. The van der Waals surface area contributed by atoms with E-state index in [-0.39, 0.29) is 5.75 Å². The second-order valence-electron chi connectivity index (χ2n) is 5.02. The van der Waals surface area contributed by atoms with E-state index in [1.54, 1.807) is 6.07 Å². The monoisotopic (exact) mass is 309 g/mol. The molecule has 6 heteroatoms. The van der Waals surface area contributed by atoms with Crippen molar-refractivity contribution in [1.82, 2.24) is 15.1 Å². The molecule has 0 fully saturated rings. The molecule has 0 atom stereocenters. The molecule has 0 aliphatic carbocycles. The Kier molecular flexibility index (Phi) is 3.08. The first-order valence-electron chi connectivity index (χ1n) is 7.00. The molecule has 4 rings (SSSR count). The van der Waals surface area contributed by atoms with E-state index in [9.17, 15) is 4.39 Å². The Bertz CT molecular complexity index is 990. The number of methoxy groups -OCH3 is 1. The van der Waals surface area contributed by atoms with E-state index >= 15 is 0 Å². The first-order chi connectivity index (χ1) is 11.3. The van der Waals surface area contributed by atoms with E-state index in [2.05, 4.69) is 15.1 Å². The maximum absolute atomic E-state index is 13.8. The van der Waals surface area contributed by atoms with E-state index in [1.807, 2.05) is 30.5 Å². The van der Waals surface area contributed by atoms with Crippen LogP contribution in [0.3, 0.4) is 0 Å². The van der Waals surface area contributed by atoms with Gasteiger partial charge in [-0.15, -0.1) is 0 Å². The molecule has 5 nitrogen and oxygen atoms in total. The molecular formula is C17H12FN3O2.